The zero-order valence-electron chi connectivity index (χ0n) is 20.7. The molecular formula is C30H29NO4S. The third kappa shape index (κ3) is 6.52. The van der Waals surface area contributed by atoms with Gasteiger partial charge in [0.2, 0.25) is 5.78 Å². The Morgan fingerprint density at radius 2 is 1.56 bits per heavy atom. The fraction of sp³-hybridized carbons (Fsp3) is 0.233. The fourth-order valence-electron chi connectivity index (χ4n) is 3.60. The van der Waals surface area contributed by atoms with E-state index in [0.717, 1.165) is 39.3 Å². The van der Waals surface area contributed by atoms with Crippen molar-refractivity contribution in [3.05, 3.63) is 95.7 Å². The van der Waals surface area contributed by atoms with E-state index in [1.165, 1.54) is 0 Å². The van der Waals surface area contributed by atoms with Gasteiger partial charge in [-0.3, -0.25) is 4.79 Å². The smallest absolute Gasteiger partial charge is 0.334 e. The predicted octanol–water partition coefficient (Wildman–Crippen LogP) is 7.91. The highest BCUT2D eigenvalue weighted by atomic mass is 32.2. The molecular weight excluding hydrogens is 470 g/mol. The molecule has 0 unspecified atom stereocenters. The van der Waals surface area contributed by atoms with E-state index >= 15 is 0 Å². The van der Waals surface area contributed by atoms with Gasteiger partial charge in [-0.15, -0.1) is 0 Å². The van der Waals surface area contributed by atoms with Crippen LogP contribution in [0.5, 0.6) is 0 Å². The van der Waals surface area contributed by atoms with Crippen molar-refractivity contribution < 1.29 is 18.8 Å². The summed E-state index contributed by atoms with van der Waals surface area (Å²) in [6.07, 6.45) is 1.99. The Bertz CT molecular complexity index is 1340. The van der Waals surface area contributed by atoms with Gasteiger partial charge >= 0.3 is 5.97 Å². The van der Waals surface area contributed by atoms with E-state index in [1.54, 1.807) is 24.8 Å². The van der Waals surface area contributed by atoms with Crippen LogP contribution in [0, 0.1) is 5.92 Å². The quantitative estimate of drug-likeness (QED) is 0.0960. The van der Waals surface area contributed by atoms with Gasteiger partial charge in [0.15, 0.2) is 5.76 Å². The molecule has 0 aliphatic heterocycles. The second kappa shape index (κ2) is 11.9. The van der Waals surface area contributed by atoms with Crippen molar-refractivity contribution in [1.82, 2.24) is 0 Å². The first-order valence-corrected chi connectivity index (χ1v) is 12.9. The molecule has 0 fully saturated rings. The molecule has 1 heterocycles. The van der Waals surface area contributed by atoms with E-state index < -0.39 is 0 Å². The van der Waals surface area contributed by atoms with Crippen LogP contribution in [0.1, 0.15) is 61.7 Å². The minimum atomic E-state index is -0.341. The van der Waals surface area contributed by atoms with Crippen LogP contribution in [0.4, 0.5) is 0 Å². The molecule has 1 aromatic heterocycles. The first-order valence-electron chi connectivity index (χ1n) is 12.1. The zero-order chi connectivity index (χ0) is 25.5. The summed E-state index contributed by atoms with van der Waals surface area (Å²) in [7, 11) is 0. The molecule has 0 saturated heterocycles. The number of nitrogens with zero attached hydrogens (tertiary/aromatic N) is 1. The first kappa shape index (κ1) is 25.5. The molecule has 6 heteroatoms. The molecule has 4 rings (SSSR count). The number of benzene rings is 3. The number of carbonyl (C=O) groups is 2. The molecule has 0 saturated carbocycles. The Hall–Kier alpha value is -3.64. The largest absolute Gasteiger partial charge is 0.453 e. The van der Waals surface area contributed by atoms with E-state index in [4.69, 9.17) is 9.25 Å². The summed E-state index contributed by atoms with van der Waals surface area (Å²) in [4.78, 5) is 31.6. The van der Waals surface area contributed by atoms with Crippen molar-refractivity contribution in [2.24, 2.45) is 11.1 Å². The topological polar surface area (TPSA) is 68.9 Å². The summed E-state index contributed by atoms with van der Waals surface area (Å²) in [6.45, 7) is 6.06. The molecule has 0 aliphatic carbocycles. The van der Waals surface area contributed by atoms with Gasteiger partial charge in [0.1, 0.15) is 5.58 Å². The average Bonchev–Trinajstić information content (AvgIpc) is 3.33. The highest BCUT2D eigenvalue weighted by Crippen LogP contribution is 2.29. The van der Waals surface area contributed by atoms with Crippen LogP contribution in [0.2, 0.25) is 0 Å². The van der Waals surface area contributed by atoms with Gasteiger partial charge in [0, 0.05) is 27.2 Å². The van der Waals surface area contributed by atoms with Gasteiger partial charge < -0.3 is 9.25 Å². The number of fused-ring (bicyclic) bond motifs is 1. The maximum absolute atomic E-state index is 12.9. The summed E-state index contributed by atoms with van der Waals surface area (Å²) >= 11 is 1.61. The van der Waals surface area contributed by atoms with Gasteiger partial charge in [-0.25, -0.2) is 4.79 Å². The van der Waals surface area contributed by atoms with Crippen molar-refractivity contribution in [2.45, 2.75) is 49.8 Å². The number of furan rings is 1. The highest BCUT2D eigenvalue weighted by molar-refractivity contribution is 7.99. The molecule has 36 heavy (non-hydrogen) atoms. The monoisotopic (exact) mass is 499 g/mol. The molecule has 0 N–H and O–H groups in total. The molecule has 184 valence electrons. The van der Waals surface area contributed by atoms with E-state index in [9.17, 15) is 9.59 Å². The van der Waals surface area contributed by atoms with Crippen LogP contribution >= 0.6 is 11.8 Å². The third-order valence-corrected chi connectivity index (χ3v) is 6.71. The predicted molar refractivity (Wildman–Crippen MR) is 144 cm³/mol. The Labute approximate surface area is 215 Å². The van der Waals surface area contributed by atoms with Gasteiger partial charge in [0.05, 0.1) is 5.71 Å². The van der Waals surface area contributed by atoms with Crippen molar-refractivity contribution in [1.29, 1.82) is 0 Å². The molecule has 0 atom stereocenters. The highest BCUT2D eigenvalue weighted by Gasteiger charge is 2.15. The summed E-state index contributed by atoms with van der Waals surface area (Å²) in [5.74, 6) is 0.385. The lowest BCUT2D eigenvalue weighted by Crippen LogP contribution is -2.06. The van der Waals surface area contributed by atoms with Gasteiger partial charge in [-0.1, -0.05) is 68.0 Å². The molecule has 5 nitrogen and oxygen atoms in total. The fourth-order valence-corrected chi connectivity index (χ4v) is 4.42. The number of rotatable bonds is 10. The van der Waals surface area contributed by atoms with E-state index in [1.807, 2.05) is 72.8 Å². The lowest BCUT2D eigenvalue weighted by molar-refractivity contribution is -0.143. The Kier molecular flexibility index (Phi) is 8.39. The zero-order valence-corrected chi connectivity index (χ0v) is 21.5. The second-order valence-electron chi connectivity index (χ2n) is 8.92. The number of hydrogen-bond donors (Lipinski definition) is 0. The average molecular weight is 500 g/mol. The van der Waals surface area contributed by atoms with Gasteiger partial charge in [-0.2, -0.15) is 0 Å². The molecule has 0 bridgehead atoms. The molecule has 0 amide bonds. The van der Waals surface area contributed by atoms with E-state index in [-0.39, 0.29) is 11.8 Å². The standard InChI is InChI=1S/C30H29NO4S/c1-4-29(32)35-31-26(18-9-20(2)3)21-10-14-24(15-11-21)36-25-16-12-22(13-17-25)30(33)28-19-23-7-5-6-8-27(23)34-28/h5-8,10-17,19-20H,4,9,18H2,1-3H3/b31-26+. The van der Waals surface area contributed by atoms with E-state index in [0.29, 0.717) is 29.2 Å². The molecule has 0 aliphatic rings. The summed E-state index contributed by atoms with van der Waals surface area (Å²) in [5, 5.41) is 5.05. The molecule has 0 spiro atoms. The summed E-state index contributed by atoms with van der Waals surface area (Å²) in [6, 6.07) is 25.0. The lowest BCUT2D eigenvalue weighted by atomic mass is 10.0. The van der Waals surface area contributed by atoms with Crippen LogP contribution in [0.15, 0.2) is 98.2 Å². The normalized spacial score (nSPS) is 11.7. The van der Waals surface area contributed by atoms with Crippen molar-refractivity contribution >= 4 is 40.2 Å². The number of oxime groups is 1. The van der Waals surface area contributed by atoms with Crippen molar-refractivity contribution in [3.8, 4) is 0 Å². The van der Waals surface area contributed by atoms with Crippen molar-refractivity contribution in [2.75, 3.05) is 0 Å². The summed E-state index contributed by atoms with van der Waals surface area (Å²) in [5.41, 5.74) is 3.00. The number of ketones is 1. The van der Waals surface area contributed by atoms with Crippen molar-refractivity contribution in [3.63, 3.8) is 0 Å². The van der Waals surface area contributed by atoms with Crippen LogP contribution in [0.3, 0.4) is 0 Å². The number of hydrogen-bond acceptors (Lipinski definition) is 6. The van der Waals surface area contributed by atoms with Crippen LogP contribution in [-0.2, 0) is 9.63 Å². The Morgan fingerprint density at radius 3 is 2.17 bits per heavy atom. The number of para-hydroxylation sites is 1. The van der Waals surface area contributed by atoms with Gasteiger partial charge in [-0.05, 0) is 72.9 Å². The molecule has 0 radical (unpaired) electrons. The summed E-state index contributed by atoms with van der Waals surface area (Å²) < 4.78 is 5.72. The SMILES string of the molecule is CCC(=O)O/N=C(\CCC(C)C)c1ccc(Sc2ccc(C(=O)c3cc4ccccc4o3)cc2)cc1. The van der Waals surface area contributed by atoms with E-state index in [2.05, 4.69) is 19.0 Å². The Balaban J connectivity index is 1.43. The first-order chi connectivity index (χ1) is 17.4. The number of carbonyl (C=O) groups excluding carboxylic acids is 2. The third-order valence-electron chi connectivity index (χ3n) is 5.69. The molecule has 3 aromatic carbocycles. The maximum Gasteiger partial charge on any atom is 0.334 e. The second-order valence-corrected chi connectivity index (χ2v) is 10.1. The van der Waals surface area contributed by atoms with Gasteiger partial charge in [0.25, 0.3) is 0 Å². The minimum absolute atomic E-state index is 0.135. The molecule has 4 aromatic rings. The van der Waals surface area contributed by atoms with Crippen LogP contribution in [0.25, 0.3) is 11.0 Å². The minimum Gasteiger partial charge on any atom is -0.453 e. The Morgan fingerprint density at radius 1 is 0.917 bits per heavy atom. The van der Waals surface area contributed by atoms with Crippen LogP contribution in [-0.4, -0.2) is 17.5 Å². The lowest BCUT2D eigenvalue weighted by Gasteiger charge is -2.09. The maximum atomic E-state index is 12.9. The van der Waals surface area contributed by atoms with Crippen LogP contribution < -0.4 is 0 Å².